The molecule has 2 aliphatic rings. The molecule has 0 aromatic heterocycles. The maximum Gasteiger partial charge on any atom is 0.0813 e. The number of likely N-dealkylation sites (N-methyl/N-ethyl adjacent to an activating group) is 1. The monoisotopic (exact) mass is 264 g/mol. The third-order valence-corrected chi connectivity index (χ3v) is 3.44. The Labute approximate surface area is 110 Å². The summed E-state index contributed by atoms with van der Waals surface area (Å²) in [6.07, 6.45) is 4.31. The van der Waals surface area contributed by atoms with Crippen LogP contribution in [-0.4, -0.2) is 63.5 Å². The smallest absolute Gasteiger partial charge is 0.0813 e. The Morgan fingerprint density at radius 1 is 1.29 bits per heavy atom. The number of nitrogens with zero attached hydrogens (tertiary/aromatic N) is 1. The van der Waals surface area contributed by atoms with Gasteiger partial charge in [0.05, 0.1) is 25.4 Å². The summed E-state index contributed by atoms with van der Waals surface area (Å²) in [5.41, 5.74) is 0. The third kappa shape index (κ3) is 4.72. The minimum absolute atomic E-state index is 0. The van der Waals surface area contributed by atoms with E-state index in [4.69, 9.17) is 9.47 Å². The van der Waals surface area contributed by atoms with Crippen LogP contribution in [0.25, 0.3) is 0 Å². The lowest BCUT2D eigenvalue weighted by molar-refractivity contribution is -0.0889. The van der Waals surface area contributed by atoms with Crippen molar-refractivity contribution in [1.29, 1.82) is 0 Å². The third-order valence-electron chi connectivity index (χ3n) is 3.44. The molecule has 2 heterocycles. The van der Waals surface area contributed by atoms with Crippen molar-refractivity contribution in [1.82, 2.24) is 10.2 Å². The average Bonchev–Trinajstić information content (AvgIpc) is 2.71. The molecule has 0 amide bonds. The van der Waals surface area contributed by atoms with Crippen molar-refractivity contribution in [2.45, 2.75) is 37.5 Å². The maximum atomic E-state index is 6.02. The molecule has 0 unspecified atom stereocenters. The van der Waals surface area contributed by atoms with Gasteiger partial charge in [-0.05, 0) is 39.9 Å². The Morgan fingerprint density at radius 2 is 2.12 bits per heavy atom. The summed E-state index contributed by atoms with van der Waals surface area (Å²) >= 11 is 0. The molecule has 1 N–H and O–H groups in total. The van der Waals surface area contributed by atoms with Gasteiger partial charge in [-0.25, -0.2) is 0 Å². The molecule has 5 heteroatoms. The van der Waals surface area contributed by atoms with Crippen molar-refractivity contribution in [2.24, 2.45) is 0 Å². The molecule has 2 saturated heterocycles. The van der Waals surface area contributed by atoms with E-state index in [-0.39, 0.29) is 12.4 Å². The van der Waals surface area contributed by atoms with E-state index in [1.165, 1.54) is 12.8 Å². The largest absolute Gasteiger partial charge is 0.377 e. The summed E-state index contributed by atoms with van der Waals surface area (Å²) in [5.74, 6) is 0. The minimum atomic E-state index is 0. The second-order valence-corrected chi connectivity index (χ2v) is 5.10. The van der Waals surface area contributed by atoms with Gasteiger partial charge in [-0.2, -0.15) is 0 Å². The average molecular weight is 265 g/mol. The molecule has 0 aliphatic carbocycles. The van der Waals surface area contributed by atoms with Gasteiger partial charge in [-0.15, -0.1) is 12.4 Å². The van der Waals surface area contributed by atoms with Gasteiger partial charge >= 0.3 is 0 Å². The van der Waals surface area contributed by atoms with E-state index in [0.717, 1.165) is 32.7 Å². The number of halogens is 1. The molecule has 102 valence electrons. The van der Waals surface area contributed by atoms with E-state index in [1.807, 2.05) is 0 Å². The van der Waals surface area contributed by atoms with Crippen LogP contribution in [-0.2, 0) is 9.47 Å². The van der Waals surface area contributed by atoms with E-state index in [1.54, 1.807) is 0 Å². The number of nitrogens with one attached hydrogen (secondary N) is 1. The highest BCUT2D eigenvalue weighted by Gasteiger charge is 2.34. The van der Waals surface area contributed by atoms with E-state index < -0.39 is 0 Å². The molecule has 3 atom stereocenters. The predicted molar refractivity (Wildman–Crippen MR) is 70.9 cm³/mol. The normalized spacial score (nSPS) is 32.3. The van der Waals surface area contributed by atoms with Crippen molar-refractivity contribution in [2.75, 3.05) is 40.4 Å². The number of rotatable bonds is 5. The highest BCUT2D eigenvalue weighted by Crippen LogP contribution is 2.25. The lowest BCUT2D eigenvalue weighted by Gasteiger charge is -2.32. The fourth-order valence-electron chi connectivity index (χ4n) is 2.46. The van der Waals surface area contributed by atoms with Crippen LogP contribution in [0.4, 0.5) is 0 Å². The SMILES string of the molecule is CN(C)CCOC[C@@H]1CC[C@H]2NCC[C@H]2O1.Cl. The molecule has 4 nitrogen and oxygen atoms in total. The molecule has 2 rings (SSSR count). The van der Waals surface area contributed by atoms with Gasteiger partial charge in [0.2, 0.25) is 0 Å². The second-order valence-electron chi connectivity index (χ2n) is 5.10. The summed E-state index contributed by atoms with van der Waals surface area (Å²) < 4.78 is 11.7. The quantitative estimate of drug-likeness (QED) is 0.748. The Morgan fingerprint density at radius 3 is 2.88 bits per heavy atom. The molecular formula is C12H25ClN2O2. The predicted octanol–water partition coefficient (Wildman–Crippen LogP) is 0.896. The van der Waals surface area contributed by atoms with E-state index in [2.05, 4.69) is 24.3 Å². The van der Waals surface area contributed by atoms with Gasteiger partial charge in [0.1, 0.15) is 0 Å². The standard InChI is InChI=1S/C12H24N2O2.ClH/c1-14(2)7-8-15-9-10-3-4-11-12(16-10)5-6-13-11;/h10-13H,3-9H2,1-2H3;1H/t10-,11+,12+;/m0./s1. The lowest BCUT2D eigenvalue weighted by atomic mass is 10.0. The highest BCUT2D eigenvalue weighted by molar-refractivity contribution is 5.85. The zero-order valence-electron chi connectivity index (χ0n) is 10.9. The first-order valence-corrected chi connectivity index (χ1v) is 6.37. The maximum absolute atomic E-state index is 6.02. The van der Waals surface area contributed by atoms with E-state index >= 15 is 0 Å². The molecule has 0 aromatic rings. The number of ether oxygens (including phenoxy) is 2. The Kier molecular flexibility index (Phi) is 6.74. The molecule has 0 radical (unpaired) electrons. The van der Waals surface area contributed by atoms with Crippen molar-refractivity contribution in [3.63, 3.8) is 0 Å². The van der Waals surface area contributed by atoms with Gasteiger partial charge in [-0.1, -0.05) is 0 Å². The summed E-state index contributed by atoms with van der Waals surface area (Å²) in [4.78, 5) is 2.14. The van der Waals surface area contributed by atoms with Crippen LogP contribution in [0.5, 0.6) is 0 Å². The van der Waals surface area contributed by atoms with Crippen LogP contribution in [0, 0.1) is 0 Å². The zero-order valence-corrected chi connectivity index (χ0v) is 11.7. The summed E-state index contributed by atoms with van der Waals surface area (Å²) in [6, 6.07) is 0.609. The molecule has 0 bridgehead atoms. The van der Waals surface area contributed by atoms with Crippen LogP contribution in [0.1, 0.15) is 19.3 Å². The molecule has 2 aliphatic heterocycles. The van der Waals surface area contributed by atoms with Gasteiger partial charge in [-0.3, -0.25) is 0 Å². The van der Waals surface area contributed by atoms with Crippen LogP contribution in [0.15, 0.2) is 0 Å². The van der Waals surface area contributed by atoms with Gasteiger partial charge < -0.3 is 19.7 Å². The van der Waals surface area contributed by atoms with Crippen molar-refractivity contribution in [3.8, 4) is 0 Å². The van der Waals surface area contributed by atoms with Crippen molar-refractivity contribution >= 4 is 12.4 Å². The van der Waals surface area contributed by atoms with Crippen molar-refractivity contribution in [3.05, 3.63) is 0 Å². The van der Waals surface area contributed by atoms with Gasteiger partial charge in [0.25, 0.3) is 0 Å². The van der Waals surface area contributed by atoms with Crippen LogP contribution in [0.3, 0.4) is 0 Å². The second kappa shape index (κ2) is 7.54. The molecular weight excluding hydrogens is 240 g/mol. The molecule has 2 fully saturated rings. The summed E-state index contributed by atoms with van der Waals surface area (Å²) in [5, 5.41) is 3.49. The van der Waals surface area contributed by atoms with Gasteiger partial charge in [0, 0.05) is 12.6 Å². The van der Waals surface area contributed by atoms with E-state index in [0.29, 0.717) is 18.2 Å². The molecule has 0 aromatic carbocycles. The molecule has 0 spiro atoms. The van der Waals surface area contributed by atoms with Gasteiger partial charge in [0.15, 0.2) is 0 Å². The first-order chi connectivity index (χ1) is 7.75. The fourth-order valence-corrected chi connectivity index (χ4v) is 2.46. The lowest BCUT2D eigenvalue weighted by Crippen LogP contribution is -2.42. The van der Waals surface area contributed by atoms with E-state index in [9.17, 15) is 0 Å². The zero-order chi connectivity index (χ0) is 11.4. The topological polar surface area (TPSA) is 33.7 Å². The fraction of sp³-hybridized carbons (Fsp3) is 1.00. The Hall–Kier alpha value is 0.130. The van der Waals surface area contributed by atoms with Crippen LogP contribution >= 0.6 is 12.4 Å². The molecule has 0 saturated carbocycles. The highest BCUT2D eigenvalue weighted by atomic mass is 35.5. The summed E-state index contributed by atoms with van der Waals surface area (Å²) in [7, 11) is 4.13. The summed E-state index contributed by atoms with van der Waals surface area (Å²) in [6.45, 7) is 3.67. The Balaban J connectivity index is 0.00000144. The minimum Gasteiger partial charge on any atom is -0.377 e. The Bertz CT molecular complexity index is 217. The first-order valence-electron chi connectivity index (χ1n) is 6.37. The molecule has 17 heavy (non-hydrogen) atoms. The van der Waals surface area contributed by atoms with Crippen LogP contribution < -0.4 is 5.32 Å². The number of hydrogen-bond donors (Lipinski definition) is 1. The first kappa shape index (κ1) is 15.2. The number of hydrogen-bond acceptors (Lipinski definition) is 4. The number of fused-ring (bicyclic) bond motifs is 1. The van der Waals surface area contributed by atoms with Crippen LogP contribution in [0.2, 0.25) is 0 Å². The van der Waals surface area contributed by atoms with Crippen molar-refractivity contribution < 1.29 is 9.47 Å².